The van der Waals surface area contributed by atoms with E-state index in [1.54, 1.807) is 6.20 Å². The van der Waals surface area contributed by atoms with Crippen molar-refractivity contribution in [3.8, 4) is 0 Å². The first kappa shape index (κ1) is 19.5. The average Bonchev–Trinajstić information content (AvgIpc) is 3.30. The van der Waals surface area contributed by atoms with Gasteiger partial charge in [-0.1, -0.05) is 11.6 Å². The number of benzene rings is 1. The van der Waals surface area contributed by atoms with Gasteiger partial charge in [0.2, 0.25) is 0 Å². The van der Waals surface area contributed by atoms with Crippen molar-refractivity contribution in [3.05, 3.63) is 59.9 Å². The summed E-state index contributed by atoms with van der Waals surface area (Å²) >= 11 is 0. The number of hydrogen-bond acceptors (Lipinski definition) is 4. The summed E-state index contributed by atoms with van der Waals surface area (Å²) in [7, 11) is 0. The number of nitrogens with zero attached hydrogens (tertiary/aromatic N) is 2. The number of carbonyl (C=O) groups excluding carboxylic acids is 1. The van der Waals surface area contributed by atoms with Crippen LogP contribution in [0.5, 0.6) is 0 Å². The Balaban J connectivity index is 1.31. The van der Waals surface area contributed by atoms with Crippen LogP contribution in [-0.4, -0.2) is 30.5 Å². The Kier molecular flexibility index (Phi) is 6.45. The SMILES string of the molecule is O=C(NCCC1=CCCCC1)c1cc(Nc2ccc(N3CCCC3)cc2)ccn1. The molecule has 0 atom stereocenters. The number of carbonyl (C=O) groups is 1. The lowest BCUT2D eigenvalue weighted by atomic mass is 9.97. The molecule has 1 aliphatic heterocycles. The minimum atomic E-state index is -0.116. The Morgan fingerprint density at radius 1 is 1.00 bits per heavy atom. The Morgan fingerprint density at radius 2 is 1.83 bits per heavy atom. The monoisotopic (exact) mass is 390 g/mol. The maximum atomic E-state index is 12.5. The van der Waals surface area contributed by atoms with Crippen LogP contribution in [0.15, 0.2) is 54.2 Å². The highest BCUT2D eigenvalue weighted by molar-refractivity contribution is 5.93. The van der Waals surface area contributed by atoms with Gasteiger partial charge in [-0.05, 0) is 81.3 Å². The third-order valence-electron chi connectivity index (χ3n) is 5.74. The third kappa shape index (κ3) is 5.37. The lowest BCUT2D eigenvalue weighted by Crippen LogP contribution is -2.25. The highest BCUT2D eigenvalue weighted by Crippen LogP contribution is 2.24. The zero-order chi connectivity index (χ0) is 19.9. The van der Waals surface area contributed by atoms with E-state index in [9.17, 15) is 4.79 Å². The summed E-state index contributed by atoms with van der Waals surface area (Å²) in [6.07, 6.45) is 12.4. The van der Waals surface area contributed by atoms with Crippen LogP contribution in [0.1, 0.15) is 55.4 Å². The predicted molar refractivity (Wildman–Crippen MR) is 119 cm³/mol. The molecule has 2 aliphatic rings. The van der Waals surface area contributed by atoms with Gasteiger partial charge in [0.25, 0.3) is 5.91 Å². The molecule has 1 aromatic heterocycles. The molecule has 2 heterocycles. The van der Waals surface area contributed by atoms with Gasteiger partial charge in [0.15, 0.2) is 0 Å². The van der Waals surface area contributed by atoms with Crippen LogP contribution in [0.2, 0.25) is 0 Å². The van der Waals surface area contributed by atoms with Crippen molar-refractivity contribution in [3.63, 3.8) is 0 Å². The highest BCUT2D eigenvalue weighted by atomic mass is 16.1. The van der Waals surface area contributed by atoms with E-state index >= 15 is 0 Å². The van der Waals surface area contributed by atoms with E-state index < -0.39 is 0 Å². The first-order valence-corrected chi connectivity index (χ1v) is 10.8. The van der Waals surface area contributed by atoms with E-state index in [0.717, 1.165) is 30.9 Å². The fraction of sp³-hybridized carbons (Fsp3) is 0.417. The number of nitrogens with one attached hydrogen (secondary N) is 2. The first-order valence-electron chi connectivity index (χ1n) is 10.8. The molecule has 1 aromatic carbocycles. The summed E-state index contributed by atoms with van der Waals surface area (Å²) in [5.74, 6) is -0.116. The van der Waals surface area contributed by atoms with Crippen LogP contribution in [0, 0.1) is 0 Å². The van der Waals surface area contributed by atoms with Crippen LogP contribution in [0.25, 0.3) is 0 Å². The maximum absolute atomic E-state index is 12.5. The number of pyridine rings is 1. The molecule has 1 aliphatic carbocycles. The smallest absolute Gasteiger partial charge is 0.269 e. The Hall–Kier alpha value is -2.82. The molecule has 0 bridgehead atoms. The predicted octanol–water partition coefficient (Wildman–Crippen LogP) is 5.05. The van der Waals surface area contributed by atoms with Gasteiger partial charge in [-0.15, -0.1) is 0 Å². The molecule has 5 heteroatoms. The van der Waals surface area contributed by atoms with Crippen molar-refractivity contribution < 1.29 is 4.79 Å². The highest BCUT2D eigenvalue weighted by Gasteiger charge is 2.12. The molecule has 2 N–H and O–H groups in total. The van der Waals surface area contributed by atoms with E-state index in [4.69, 9.17) is 0 Å². The average molecular weight is 391 g/mol. The van der Waals surface area contributed by atoms with Gasteiger partial charge in [-0.3, -0.25) is 9.78 Å². The van der Waals surface area contributed by atoms with Gasteiger partial charge in [0.05, 0.1) is 0 Å². The molecule has 0 spiro atoms. The topological polar surface area (TPSA) is 57.3 Å². The summed E-state index contributed by atoms with van der Waals surface area (Å²) in [4.78, 5) is 19.1. The lowest BCUT2D eigenvalue weighted by molar-refractivity contribution is 0.0949. The number of anilines is 3. The summed E-state index contributed by atoms with van der Waals surface area (Å²) < 4.78 is 0. The number of aromatic nitrogens is 1. The molecular formula is C24H30N4O. The van der Waals surface area contributed by atoms with Gasteiger partial charge in [0, 0.05) is 42.9 Å². The van der Waals surface area contributed by atoms with E-state index in [1.807, 2.05) is 12.1 Å². The van der Waals surface area contributed by atoms with Crippen molar-refractivity contribution in [2.75, 3.05) is 29.9 Å². The number of rotatable bonds is 7. The molecule has 1 saturated heterocycles. The molecule has 152 valence electrons. The molecule has 0 radical (unpaired) electrons. The van der Waals surface area contributed by atoms with Crippen molar-refractivity contribution in [2.45, 2.75) is 44.9 Å². The second kappa shape index (κ2) is 9.59. The van der Waals surface area contributed by atoms with Gasteiger partial charge >= 0.3 is 0 Å². The van der Waals surface area contributed by atoms with Crippen molar-refractivity contribution in [1.82, 2.24) is 10.3 Å². The normalized spacial score (nSPS) is 16.4. The van der Waals surface area contributed by atoms with Crippen molar-refractivity contribution >= 4 is 23.0 Å². The van der Waals surface area contributed by atoms with Crippen LogP contribution in [0.4, 0.5) is 17.1 Å². The molecule has 0 saturated carbocycles. The van der Waals surface area contributed by atoms with Crippen LogP contribution < -0.4 is 15.5 Å². The Bertz CT molecular complexity index is 853. The first-order chi connectivity index (χ1) is 14.3. The molecule has 1 fully saturated rings. The number of allylic oxidation sites excluding steroid dienone is 1. The molecule has 2 aromatic rings. The van der Waals surface area contributed by atoms with Crippen molar-refractivity contribution in [2.24, 2.45) is 0 Å². The maximum Gasteiger partial charge on any atom is 0.269 e. The minimum Gasteiger partial charge on any atom is -0.372 e. The fourth-order valence-corrected chi connectivity index (χ4v) is 4.09. The van der Waals surface area contributed by atoms with Gasteiger partial charge in [-0.25, -0.2) is 0 Å². The van der Waals surface area contributed by atoms with Crippen LogP contribution >= 0.6 is 0 Å². The lowest BCUT2D eigenvalue weighted by Gasteiger charge is -2.18. The van der Waals surface area contributed by atoms with Crippen LogP contribution in [0.3, 0.4) is 0 Å². The summed E-state index contributed by atoms with van der Waals surface area (Å²) in [6.45, 7) is 2.96. The van der Waals surface area contributed by atoms with E-state index in [1.165, 1.54) is 49.8 Å². The fourth-order valence-electron chi connectivity index (χ4n) is 4.09. The zero-order valence-corrected chi connectivity index (χ0v) is 17.0. The Morgan fingerprint density at radius 3 is 2.59 bits per heavy atom. The van der Waals surface area contributed by atoms with Gasteiger partial charge < -0.3 is 15.5 Å². The van der Waals surface area contributed by atoms with Crippen LogP contribution in [-0.2, 0) is 0 Å². The van der Waals surface area contributed by atoms with E-state index in [-0.39, 0.29) is 5.91 Å². The van der Waals surface area contributed by atoms with E-state index in [2.05, 4.69) is 50.9 Å². The second-order valence-electron chi connectivity index (χ2n) is 7.91. The van der Waals surface area contributed by atoms with Gasteiger partial charge in [0.1, 0.15) is 5.69 Å². The minimum absolute atomic E-state index is 0.116. The largest absolute Gasteiger partial charge is 0.372 e. The molecule has 0 unspecified atom stereocenters. The zero-order valence-electron chi connectivity index (χ0n) is 17.0. The van der Waals surface area contributed by atoms with Crippen molar-refractivity contribution in [1.29, 1.82) is 0 Å². The summed E-state index contributed by atoms with van der Waals surface area (Å²) in [5.41, 5.74) is 5.07. The molecule has 5 nitrogen and oxygen atoms in total. The molecule has 4 rings (SSSR count). The quantitative estimate of drug-likeness (QED) is 0.650. The second-order valence-corrected chi connectivity index (χ2v) is 7.91. The summed E-state index contributed by atoms with van der Waals surface area (Å²) in [5, 5.41) is 6.38. The number of hydrogen-bond donors (Lipinski definition) is 2. The van der Waals surface area contributed by atoms with E-state index in [0.29, 0.717) is 12.2 Å². The molecule has 29 heavy (non-hydrogen) atoms. The third-order valence-corrected chi connectivity index (χ3v) is 5.74. The molecule has 1 amide bonds. The molecular weight excluding hydrogens is 360 g/mol. The number of amides is 1. The van der Waals surface area contributed by atoms with Gasteiger partial charge in [-0.2, -0.15) is 0 Å². The standard InChI is InChI=1S/C24H30N4O/c29-24(26-14-12-19-6-2-1-3-7-19)23-18-21(13-15-25-23)27-20-8-10-22(11-9-20)28-16-4-5-17-28/h6,8-11,13,15,18H,1-5,7,12,14,16-17H2,(H,25,27)(H,26,29). The summed E-state index contributed by atoms with van der Waals surface area (Å²) in [6, 6.07) is 12.2. The Labute approximate surface area is 173 Å².